The molecule has 182 valence electrons. The second-order valence-corrected chi connectivity index (χ2v) is 8.74. The highest BCUT2D eigenvalue weighted by atomic mass is 16.5. The van der Waals surface area contributed by atoms with Crippen LogP contribution in [0.4, 0.5) is 4.79 Å². The Hall–Kier alpha value is -4.14. The first-order valence-corrected chi connectivity index (χ1v) is 11.4. The van der Waals surface area contributed by atoms with Crippen LogP contribution in [0.2, 0.25) is 0 Å². The highest BCUT2D eigenvalue weighted by Gasteiger charge is 2.29. The van der Waals surface area contributed by atoms with E-state index in [0.717, 1.165) is 22.3 Å². The van der Waals surface area contributed by atoms with Gasteiger partial charge in [0, 0.05) is 25.9 Å². The number of ether oxygens (including phenoxy) is 1. The van der Waals surface area contributed by atoms with E-state index in [4.69, 9.17) is 9.84 Å². The van der Waals surface area contributed by atoms with Gasteiger partial charge in [0.25, 0.3) is 5.91 Å². The summed E-state index contributed by atoms with van der Waals surface area (Å²) in [7, 11) is 1.63. The largest absolute Gasteiger partial charge is 0.481 e. The lowest BCUT2D eigenvalue weighted by molar-refractivity contribution is -0.137. The van der Waals surface area contributed by atoms with E-state index in [2.05, 4.69) is 40.0 Å². The van der Waals surface area contributed by atoms with Gasteiger partial charge in [0.15, 0.2) is 0 Å². The molecule has 0 aliphatic heterocycles. The Morgan fingerprint density at radius 2 is 1.69 bits per heavy atom. The molecule has 2 aromatic carbocycles. The van der Waals surface area contributed by atoms with Crippen molar-refractivity contribution in [2.45, 2.75) is 25.8 Å². The van der Waals surface area contributed by atoms with Gasteiger partial charge in [-0.2, -0.15) is 5.10 Å². The fraction of sp³-hybridized carbons (Fsp3) is 0.308. The van der Waals surface area contributed by atoms with Gasteiger partial charge in [-0.15, -0.1) is 0 Å². The molecule has 3 N–H and O–H groups in total. The van der Waals surface area contributed by atoms with Gasteiger partial charge in [-0.25, -0.2) is 4.79 Å². The summed E-state index contributed by atoms with van der Waals surface area (Å²) in [6, 6.07) is 17.8. The van der Waals surface area contributed by atoms with Gasteiger partial charge < -0.3 is 20.5 Å². The van der Waals surface area contributed by atoms with E-state index in [1.54, 1.807) is 20.0 Å². The van der Waals surface area contributed by atoms with Crippen LogP contribution in [-0.4, -0.2) is 46.0 Å². The molecule has 0 fully saturated rings. The maximum absolute atomic E-state index is 12.4. The average Bonchev–Trinajstić information content (AvgIpc) is 3.37. The molecule has 0 bridgehead atoms. The van der Waals surface area contributed by atoms with Crippen LogP contribution in [0, 0.1) is 5.92 Å². The number of hydrogen-bond donors (Lipinski definition) is 3. The van der Waals surface area contributed by atoms with Crippen molar-refractivity contribution in [3.63, 3.8) is 0 Å². The van der Waals surface area contributed by atoms with Gasteiger partial charge in [-0.05, 0) is 34.2 Å². The van der Waals surface area contributed by atoms with E-state index in [9.17, 15) is 14.4 Å². The number of alkyl carbamates (subject to hydrolysis) is 1. The summed E-state index contributed by atoms with van der Waals surface area (Å²) < 4.78 is 6.95. The molecule has 0 saturated heterocycles. The van der Waals surface area contributed by atoms with Crippen molar-refractivity contribution in [2.75, 3.05) is 13.2 Å². The summed E-state index contributed by atoms with van der Waals surface area (Å²) in [4.78, 5) is 35.6. The number of carbonyl (C=O) groups excluding carboxylic acids is 2. The first-order chi connectivity index (χ1) is 16.8. The molecular formula is C26H28N4O5. The van der Waals surface area contributed by atoms with Gasteiger partial charge in [-0.1, -0.05) is 55.5 Å². The van der Waals surface area contributed by atoms with Crippen molar-refractivity contribution in [2.24, 2.45) is 13.0 Å². The van der Waals surface area contributed by atoms with Crippen LogP contribution in [0.15, 0.2) is 54.6 Å². The molecule has 1 aliphatic carbocycles. The number of rotatable bonds is 9. The van der Waals surface area contributed by atoms with Crippen molar-refractivity contribution in [3.05, 3.63) is 77.1 Å². The van der Waals surface area contributed by atoms with Crippen molar-refractivity contribution in [3.8, 4) is 11.1 Å². The number of nitrogens with one attached hydrogen (secondary N) is 2. The molecule has 9 nitrogen and oxygen atoms in total. The molecule has 0 radical (unpaired) electrons. The van der Waals surface area contributed by atoms with Gasteiger partial charge >= 0.3 is 12.1 Å². The Bertz CT molecular complexity index is 1210. The van der Waals surface area contributed by atoms with E-state index in [0.29, 0.717) is 11.4 Å². The zero-order valence-electron chi connectivity index (χ0n) is 19.7. The predicted molar refractivity (Wildman–Crippen MR) is 129 cm³/mol. The number of hydrogen-bond acceptors (Lipinski definition) is 5. The van der Waals surface area contributed by atoms with Gasteiger partial charge in [0.1, 0.15) is 12.3 Å². The van der Waals surface area contributed by atoms with E-state index < -0.39 is 12.1 Å². The molecule has 1 heterocycles. The van der Waals surface area contributed by atoms with E-state index in [-0.39, 0.29) is 43.9 Å². The molecule has 1 aromatic heterocycles. The van der Waals surface area contributed by atoms with Crippen LogP contribution in [0.5, 0.6) is 0 Å². The third-order valence-corrected chi connectivity index (χ3v) is 6.05. The number of fused-ring (bicyclic) bond motifs is 3. The number of carboxylic acids is 1. The lowest BCUT2D eigenvalue weighted by atomic mass is 9.98. The minimum Gasteiger partial charge on any atom is -0.481 e. The Morgan fingerprint density at radius 3 is 2.31 bits per heavy atom. The molecule has 0 spiro atoms. The van der Waals surface area contributed by atoms with Crippen LogP contribution < -0.4 is 10.6 Å². The fourth-order valence-electron chi connectivity index (χ4n) is 4.37. The quantitative estimate of drug-likeness (QED) is 0.436. The Balaban J connectivity index is 1.30. The van der Waals surface area contributed by atoms with Crippen molar-refractivity contribution < 1.29 is 24.2 Å². The second kappa shape index (κ2) is 10.4. The molecule has 3 aromatic rings. The lowest BCUT2D eigenvalue weighted by Crippen LogP contribution is -2.30. The Labute approximate surface area is 203 Å². The highest BCUT2D eigenvalue weighted by molar-refractivity contribution is 5.92. The van der Waals surface area contributed by atoms with Crippen molar-refractivity contribution in [1.29, 1.82) is 0 Å². The van der Waals surface area contributed by atoms with Crippen LogP contribution >= 0.6 is 0 Å². The number of aryl methyl sites for hydroxylation is 1. The summed E-state index contributed by atoms with van der Waals surface area (Å²) >= 11 is 0. The highest BCUT2D eigenvalue weighted by Crippen LogP contribution is 2.44. The molecule has 0 saturated carbocycles. The lowest BCUT2D eigenvalue weighted by Gasteiger charge is -2.14. The van der Waals surface area contributed by atoms with Crippen LogP contribution in [0.1, 0.15) is 46.6 Å². The average molecular weight is 477 g/mol. The summed E-state index contributed by atoms with van der Waals surface area (Å²) in [6.45, 7) is 2.31. The third-order valence-electron chi connectivity index (χ3n) is 6.05. The topological polar surface area (TPSA) is 123 Å². The van der Waals surface area contributed by atoms with Gasteiger partial charge in [0.05, 0.1) is 12.2 Å². The molecule has 4 rings (SSSR count). The smallest absolute Gasteiger partial charge is 0.407 e. The first kappa shape index (κ1) is 24.0. The maximum atomic E-state index is 12.4. The minimum absolute atomic E-state index is 0.0261. The van der Waals surface area contributed by atoms with E-state index >= 15 is 0 Å². The Kier molecular flexibility index (Phi) is 7.14. The van der Waals surface area contributed by atoms with Crippen LogP contribution in [0.25, 0.3) is 11.1 Å². The predicted octanol–water partition coefficient (Wildman–Crippen LogP) is 3.30. The molecule has 1 unspecified atom stereocenters. The zero-order valence-corrected chi connectivity index (χ0v) is 19.7. The fourth-order valence-corrected chi connectivity index (χ4v) is 4.37. The summed E-state index contributed by atoms with van der Waals surface area (Å²) in [5, 5.41) is 18.5. The molecule has 35 heavy (non-hydrogen) atoms. The van der Waals surface area contributed by atoms with Crippen molar-refractivity contribution in [1.82, 2.24) is 20.4 Å². The number of aliphatic carboxylic acids is 1. The van der Waals surface area contributed by atoms with Gasteiger partial charge in [0.2, 0.25) is 0 Å². The number of aromatic nitrogens is 2. The monoisotopic (exact) mass is 476 g/mol. The number of amides is 2. The summed E-state index contributed by atoms with van der Waals surface area (Å²) in [5.74, 6) is -1.49. The minimum atomic E-state index is -0.908. The third kappa shape index (κ3) is 5.51. The number of carboxylic acid groups (broad SMARTS) is 1. The van der Waals surface area contributed by atoms with Crippen LogP contribution in [-0.2, 0) is 23.1 Å². The van der Waals surface area contributed by atoms with E-state index in [1.165, 1.54) is 4.68 Å². The molecule has 9 heteroatoms. The zero-order chi connectivity index (χ0) is 24.9. The molecule has 1 aliphatic rings. The maximum Gasteiger partial charge on any atom is 0.407 e. The Morgan fingerprint density at radius 1 is 1.06 bits per heavy atom. The van der Waals surface area contributed by atoms with Crippen LogP contribution in [0.3, 0.4) is 0 Å². The molecular weight excluding hydrogens is 448 g/mol. The second-order valence-electron chi connectivity index (χ2n) is 8.74. The van der Waals surface area contributed by atoms with Gasteiger partial charge in [-0.3, -0.25) is 14.3 Å². The van der Waals surface area contributed by atoms with E-state index in [1.807, 2.05) is 24.3 Å². The summed E-state index contributed by atoms with van der Waals surface area (Å²) in [5.41, 5.74) is 5.42. The number of nitrogens with zero attached hydrogens (tertiary/aromatic N) is 2. The SMILES string of the molecule is CC(CNC(=O)c1cc(CNC(=O)OCC2c3ccccc3-c3ccccc32)nn1C)CC(=O)O. The standard InChI is InChI=1S/C26H28N4O5/c1-16(11-24(31)32)13-27-25(33)23-12-17(29-30(23)2)14-28-26(34)35-15-22-20-9-5-3-7-18(20)19-8-4-6-10-21(19)22/h3-10,12,16,22H,11,13-15H2,1-2H3,(H,27,33)(H,28,34)(H,31,32). The number of carbonyl (C=O) groups is 3. The van der Waals surface area contributed by atoms with Crippen molar-refractivity contribution >= 4 is 18.0 Å². The molecule has 1 atom stereocenters. The first-order valence-electron chi connectivity index (χ1n) is 11.4. The molecule has 2 amide bonds. The summed E-state index contributed by atoms with van der Waals surface area (Å²) in [6.07, 6.45) is -0.591. The number of benzene rings is 2. The normalized spacial score (nSPS) is 13.0.